The molecule has 4 nitrogen and oxygen atoms in total. The van der Waals surface area contributed by atoms with E-state index in [9.17, 15) is 5.21 Å². The van der Waals surface area contributed by atoms with Crippen LogP contribution in [-0.4, -0.2) is 16.6 Å². The first-order chi connectivity index (χ1) is 3.31. The van der Waals surface area contributed by atoms with E-state index in [2.05, 4.69) is 5.28 Å². The van der Waals surface area contributed by atoms with E-state index in [0.717, 1.165) is 0 Å². The number of rotatable bonds is 2. The molecule has 0 aromatic heterocycles. The van der Waals surface area contributed by atoms with Crippen LogP contribution in [0.5, 0.6) is 0 Å². The van der Waals surface area contributed by atoms with Gasteiger partial charge in [0.25, 0.3) is 0 Å². The van der Waals surface area contributed by atoms with Crippen molar-refractivity contribution < 1.29 is 10.1 Å². The van der Waals surface area contributed by atoms with Crippen molar-refractivity contribution in [2.45, 2.75) is 13.3 Å². The van der Waals surface area contributed by atoms with Crippen molar-refractivity contribution in [3.8, 4) is 0 Å². The van der Waals surface area contributed by atoms with Crippen LogP contribution in [-0.2, 0) is 0 Å². The summed E-state index contributed by atoms with van der Waals surface area (Å²) >= 11 is 0. The third-order valence-corrected chi connectivity index (χ3v) is 0.515. The molecule has 0 aliphatic rings. The minimum atomic E-state index is 0.236. The van der Waals surface area contributed by atoms with Gasteiger partial charge < -0.3 is 10.4 Å². The summed E-state index contributed by atoms with van der Waals surface area (Å²) in [5.74, 6) is 0. The summed E-state index contributed by atoms with van der Waals surface area (Å²) in [6.07, 6.45) is 0.702. The van der Waals surface area contributed by atoms with Gasteiger partial charge in [0.15, 0.2) is 11.8 Å². The molecule has 0 aromatic carbocycles. The second-order valence-electron chi connectivity index (χ2n) is 1.17. The molecule has 0 bridgehead atoms. The number of hydrogen-bond acceptors (Lipinski definition) is 2. The zero-order chi connectivity index (χ0) is 5.70. The van der Waals surface area contributed by atoms with E-state index in [-0.39, 0.29) is 11.4 Å². The number of hydroxylamine groups is 1. The van der Waals surface area contributed by atoms with E-state index >= 15 is 0 Å². The quantitative estimate of drug-likeness (QED) is 0.319. The standard InChI is InChI=1S/C3H8N2O2/c1-2-3-5(7)4-6/h6H,2-3H2,1H3. The molecule has 0 saturated carbocycles. The van der Waals surface area contributed by atoms with Crippen molar-refractivity contribution in [3.05, 3.63) is 5.21 Å². The lowest BCUT2D eigenvalue weighted by atomic mass is 10.5. The molecular weight excluding hydrogens is 96.0 g/mol. The fourth-order valence-corrected chi connectivity index (χ4v) is 0.236. The third kappa shape index (κ3) is 3.02. The van der Waals surface area contributed by atoms with Gasteiger partial charge in [-0.25, -0.2) is 0 Å². The molecule has 0 amide bonds. The van der Waals surface area contributed by atoms with Crippen LogP contribution < -0.4 is 0 Å². The molecule has 42 valence electrons. The van der Waals surface area contributed by atoms with Crippen LogP contribution in [0.4, 0.5) is 0 Å². The van der Waals surface area contributed by atoms with Crippen LogP contribution in [0.15, 0.2) is 5.28 Å². The molecule has 4 heteroatoms. The van der Waals surface area contributed by atoms with Crippen molar-refractivity contribution >= 4 is 0 Å². The van der Waals surface area contributed by atoms with Gasteiger partial charge in [-0.05, 0) is 0 Å². The molecule has 0 aliphatic carbocycles. The third-order valence-electron chi connectivity index (χ3n) is 0.515. The highest BCUT2D eigenvalue weighted by molar-refractivity contribution is 4.16. The normalized spacial score (nSPS) is 11.9. The van der Waals surface area contributed by atoms with E-state index < -0.39 is 0 Å². The van der Waals surface area contributed by atoms with E-state index in [1.165, 1.54) is 0 Å². The minimum Gasteiger partial charge on any atom is -0.597 e. The van der Waals surface area contributed by atoms with Crippen LogP contribution in [0, 0.1) is 5.21 Å². The monoisotopic (exact) mass is 104 g/mol. The van der Waals surface area contributed by atoms with Gasteiger partial charge in [-0.3, -0.25) is 0 Å². The van der Waals surface area contributed by atoms with Crippen molar-refractivity contribution in [2.24, 2.45) is 5.28 Å². The fraction of sp³-hybridized carbons (Fsp3) is 1.00. The molecule has 0 saturated heterocycles. The first-order valence-electron chi connectivity index (χ1n) is 2.11. The van der Waals surface area contributed by atoms with Gasteiger partial charge >= 0.3 is 0 Å². The Morgan fingerprint density at radius 2 is 2.43 bits per heavy atom. The van der Waals surface area contributed by atoms with Gasteiger partial charge in [0, 0.05) is 6.42 Å². The highest BCUT2D eigenvalue weighted by atomic mass is 16.6. The lowest BCUT2D eigenvalue weighted by Crippen LogP contribution is -1.99. The zero-order valence-corrected chi connectivity index (χ0v) is 4.16. The molecule has 0 aliphatic heterocycles. The van der Waals surface area contributed by atoms with E-state index in [1.54, 1.807) is 0 Å². The minimum absolute atomic E-state index is 0.236. The summed E-state index contributed by atoms with van der Waals surface area (Å²) in [6, 6.07) is 0. The Hall–Kier alpha value is -0.800. The lowest BCUT2D eigenvalue weighted by molar-refractivity contribution is -0.555. The largest absolute Gasteiger partial charge is 0.597 e. The van der Waals surface area contributed by atoms with Crippen LogP contribution in [0.25, 0.3) is 0 Å². The second kappa shape index (κ2) is 3.39. The predicted molar refractivity (Wildman–Crippen MR) is 23.0 cm³/mol. The highest BCUT2D eigenvalue weighted by Crippen LogP contribution is 1.76. The first-order valence-corrected chi connectivity index (χ1v) is 2.11. The molecule has 0 heterocycles. The second-order valence-corrected chi connectivity index (χ2v) is 1.17. The molecule has 0 spiro atoms. The zero-order valence-electron chi connectivity index (χ0n) is 4.16. The van der Waals surface area contributed by atoms with Crippen LogP contribution >= 0.6 is 0 Å². The highest BCUT2D eigenvalue weighted by Gasteiger charge is 1.86. The average Bonchev–Trinajstić information content (AvgIpc) is 1.68. The van der Waals surface area contributed by atoms with Gasteiger partial charge in [-0.1, -0.05) is 11.8 Å². The smallest absolute Gasteiger partial charge is 0.197 e. The molecule has 0 unspecified atom stereocenters. The topological polar surface area (TPSA) is 58.7 Å². The average molecular weight is 104 g/mol. The van der Waals surface area contributed by atoms with Gasteiger partial charge in [0.1, 0.15) is 0 Å². The summed E-state index contributed by atoms with van der Waals surface area (Å²) in [6.45, 7) is 2.09. The summed E-state index contributed by atoms with van der Waals surface area (Å²) in [5.41, 5.74) is 0. The maximum absolute atomic E-state index is 9.91. The Bertz CT molecular complexity index is 71.3. The Morgan fingerprint density at radius 3 is 2.57 bits per heavy atom. The van der Waals surface area contributed by atoms with Gasteiger partial charge in [-0.2, -0.15) is 0 Å². The molecule has 0 fully saturated rings. The van der Waals surface area contributed by atoms with Crippen molar-refractivity contribution in [2.75, 3.05) is 6.54 Å². The summed E-state index contributed by atoms with van der Waals surface area (Å²) in [7, 11) is 0. The van der Waals surface area contributed by atoms with Gasteiger partial charge in [0.2, 0.25) is 0 Å². The molecule has 7 heavy (non-hydrogen) atoms. The Morgan fingerprint density at radius 1 is 1.86 bits per heavy atom. The fourth-order valence-electron chi connectivity index (χ4n) is 0.236. The SMILES string of the molecule is CCC[N+]([O-])=NO. The van der Waals surface area contributed by atoms with E-state index in [1.807, 2.05) is 6.92 Å². The van der Waals surface area contributed by atoms with Crippen LogP contribution in [0.3, 0.4) is 0 Å². The maximum Gasteiger partial charge on any atom is 0.197 e. The molecule has 0 radical (unpaired) electrons. The first kappa shape index (κ1) is 6.20. The summed E-state index contributed by atoms with van der Waals surface area (Å²) in [5, 5.41) is 20.0. The number of hydrogen-bond donors (Lipinski definition) is 1. The maximum atomic E-state index is 9.91. The molecule has 0 aromatic rings. The van der Waals surface area contributed by atoms with Gasteiger partial charge in [-0.15, -0.1) is 0 Å². The van der Waals surface area contributed by atoms with Crippen LogP contribution in [0.1, 0.15) is 13.3 Å². The Labute approximate surface area is 41.6 Å². The number of nitrogens with zero attached hydrogens (tertiary/aromatic N) is 2. The van der Waals surface area contributed by atoms with Crippen molar-refractivity contribution in [3.63, 3.8) is 0 Å². The predicted octanol–water partition coefficient (Wildman–Crippen LogP) is 0.748. The van der Waals surface area contributed by atoms with Crippen LogP contribution in [0.2, 0.25) is 0 Å². The Kier molecular flexibility index (Phi) is 3.00. The van der Waals surface area contributed by atoms with Crippen molar-refractivity contribution in [1.29, 1.82) is 0 Å². The summed E-state index contributed by atoms with van der Waals surface area (Å²) in [4.78, 5) is 0.236. The molecule has 0 rings (SSSR count). The Balaban J connectivity index is 3.17. The van der Waals surface area contributed by atoms with E-state index in [0.29, 0.717) is 6.42 Å². The van der Waals surface area contributed by atoms with Gasteiger partial charge in [0.05, 0.1) is 0 Å². The summed E-state index contributed by atoms with van der Waals surface area (Å²) < 4.78 is 0. The lowest BCUT2D eigenvalue weighted by Gasteiger charge is -1.90. The van der Waals surface area contributed by atoms with E-state index in [4.69, 9.17) is 5.21 Å². The molecule has 0 atom stereocenters. The molecular formula is C3H8N2O2. The van der Waals surface area contributed by atoms with Crippen molar-refractivity contribution in [1.82, 2.24) is 0 Å². The molecule has 1 N–H and O–H groups in total.